The van der Waals surface area contributed by atoms with E-state index in [9.17, 15) is 9.90 Å². The minimum atomic E-state index is -0.631. The highest BCUT2D eigenvalue weighted by Crippen LogP contribution is 2.29. The van der Waals surface area contributed by atoms with Gasteiger partial charge >= 0.3 is 0 Å². The van der Waals surface area contributed by atoms with Crippen molar-refractivity contribution in [1.29, 1.82) is 0 Å². The molecule has 0 spiro atoms. The van der Waals surface area contributed by atoms with E-state index in [1.54, 1.807) is 11.9 Å². The smallest absolute Gasteiger partial charge is 0.236 e. The van der Waals surface area contributed by atoms with Crippen LogP contribution in [0.5, 0.6) is 0 Å². The third-order valence-electron chi connectivity index (χ3n) is 4.06. The molecule has 2 fully saturated rings. The lowest BCUT2D eigenvalue weighted by molar-refractivity contribution is -0.134. The molecule has 1 saturated heterocycles. The summed E-state index contributed by atoms with van der Waals surface area (Å²) in [7, 11) is 1.81. The van der Waals surface area contributed by atoms with Gasteiger partial charge in [0.1, 0.15) is 0 Å². The van der Waals surface area contributed by atoms with Gasteiger partial charge in [0, 0.05) is 39.8 Å². The van der Waals surface area contributed by atoms with Gasteiger partial charge in [-0.05, 0) is 12.8 Å². The van der Waals surface area contributed by atoms with Gasteiger partial charge in [-0.2, -0.15) is 0 Å². The molecule has 2 aliphatic rings. The highest BCUT2D eigenvalue weighted by atomic mass is 16.3. The van der Waals surface area contributed by atoms with Crippen molar-refractivity contribution in [1.82, 2.24) is 15.1 Å². The van der Waals surface area contributed by atoms with E-state index >= 15 is 0 Å². The molecule has 104 valence electrons. The van der Waals surface area contributed by atoms with Crippen molar-refractivity contribution in [3.63, 3.8) is 0 Å². The fraction of sp³-hybridized carbons (Fsp3) is 0.923. The maximum Gasteiger partial charge on any atom is 0.236 e. The summed E-state index contributed by atoms with van der Waals surface area (Å²) in [5.41, 5.74) is -0.631. The van der Waals surface area contributed by atoms with E-state index in [0.29, 0.717) is 13.1 Å². The molecule has 18 heavy (non-hydrogen) atoms. The molecule has 5 nitrogen and oxygen atoms in total. The summed E-state index contributed by atoms with van der Waals surface area (Å²) in [5, 5.41) is 13.6. The van der Waals surface area contributed by atoms with Crippen molar-refractivity contribution in [2.75, 3.05) is 46.3 Å². The van der Waals surface area contributed by atoms with Gasteiger partial charge in [-0.15, -0.1) is 0 Å². The summed E-state index contributed by atoms with van der Waals surface area (Å²) in [6.45, 7) is 4.75. The van der Waals surface area contributed by atoms with E-state index in [1.165, 1.54) is 0 Å². The molecular formula is C13H25N3O2. The molecule has 1 heterocycles. The molecule has 0 aromatic rings. The van der Waals surface area contributed by atoms with Gasteiger partial charge < -0.3 is 15.3 Å². The molecular weight excluding hydrogens is 230 g/mol. The standard InChI is InChI=1S/C13H25N3O2/c1-15(11-13(18)4-2-3-5-13)12(17)10-16-8-6-14-7-9-16/h14,18H,2-11H2,1H3. The zero-order chi connectivity index (χ0) is 13.0. The Labute approximate surface area is 109 Å². The van der Waals surface area contributed by atoms with E-state index in [1.807, 2.05) is 0 Å². The molecule has 0 aromatic heterocycles. The zero-order valence-corrected chi connectivity index (χ0v) is 11.3. The van der Waals surface area contributed by atoms with E-state index in [2.05, 4.69) is 10.2 Å². The van der Waals surface area contributed by atoms with Crippen LogP contribution in [0, 0.1) is 0 Å². The number of hydrogen-bond donors (Lipinski definition) is 2. The topological polar surface area (TPSA) is 55.8 Å². The lowest BCUT2D eigenvalue weighted by atomic mass is 10.0. The second-order valence-electron chi connectivity index (χ2n) is 5.71. The monoisotopic (exact) mass is 255 g/mol. The van der Waals surface area contributed by atoms with Crippen LogP contribution >= 0.6 is 0 Å². The normalized spacial score (nSPS) is 24.1. The number of hydrogen-bond acceptors (Lipinski definition) is 4. The minimum Gasteiger partial charge on any atom is -0.388 e. The molecule has 1 saturated carbocycles. The van der Waals surface area contributed by atoms with Gasteiger partial charge in [-0.25, -0.2) is 0 Å². The molecule has 5 heteroatoms. The molecule has 0 aromatic carbocycles. The highest BCUT2D eigenvalue weighted by Gasteiger charge is 2.33. The second-order valence-corrected chi connectivity index (χ2v) is 5.71. The van der Waals surface area contributed by atoms with Crippen LogP contribution in [0.25, 0.3) is 0 Å². The number of amides is 1. The maximum absolute atomic E-state index is 12.1. The Morgan fingerprint density at radius 2 is 1.94 bits per heavy atom. The number of carbonyl (C=O) groups excluding carboxylic acids is 1. The Morgan fingerprint density at radius 1 is 1.33 bits per heavy atom. The van der Waals surface area contributed by atoms with Crippen molar-refractivity contribution in [3.05, 3.63) is 0 Å². The number of piperazine rings is 1. The first-order valence-electron chi connectivity index (χ1n) is 6.98. The van der Waals surface area contributed by atoms with Crippen LogP contribution in [-0.4, -0.2) is 72.7 Å². The summed E-state index contributed by atoms with van der Waals surface area (Å²) < 4.78 is 0. The Balaban J connectivity index is 1.77. The van der Waals surface area contributed by atoms with Crippen molar-refractivity contribution < 1.29 is 9.90 Å². The summed E-state index contributed by atoms with van der Waals surface area (Å²) in [6.07, 6.45) is 3.82. The Morgan fingerprint density at radius 3 is 2.56 bits per heavy atom. The summed E-state index contributed by atoms with van der Waals surface area (Å²) in [4.78, 5) is 16.0. The Hall–Kier alpha value is -0.650. The predicted octanol–water partition coefficient (Wildman–Crippen LogP) is -0.345. The number of nitrogens with one attached hydrogen (secondary N) is 1. The minimum absolute atomic E-state index is 0.122. The van der Waals surface area contributed by atoms with Crippen molar-refractivity contribution in [2.24, 2.45) is 0 Å². The fourth-order valence-electron chi connectivity index (χ4n) is 2.90. The molecule has 0 radical (unpaired) electrons. The van der Waals surface area contributed by atoms with Crippen LogP contribution in [0.3, 0.4) is 0 Å². The van der Waals surface area contributed by atoms with Gasteiger partial charge in [-0.3, -0.25) is 9.69 Å². The van der Waals surface area contributed by atoms with Crippen LogP contribution in [0.4, 0.5) is 0 Å². The SMILES string of the molecule is CN(CC1(O)CCCC1)C(=O)CN1CCNCC1. The first-order valence-corrected chi connectivity index (χ1v) is 6.98. The predicted molar refractivity (Wildman–Crippen MR) is 70.4 cm³/mol. The molecule has 0 bridgehead atoms. The number of nitrogens with zero attached hydrogens (tertiary/aromatic N) is 2. The number of likely N-dealkylation sites (N-methyl/N-ethyl adjacent to an activating group) is 1. The van der Waals surface area contributed by atoms with Crippen molar-refractivity contribution >= 4 is 5.91 Å². The second kappa shape index (κ2) is 5.99. The van der Waals surface area contributed by atoms with Crippen molar-refractivity contribution in [2.45, 2.75) is 31.3 Å². The number of rotatable bonds is 4. The van der Waals surface area contributed by atoms with Gasteiger partial charge in [0.2, 0.25) is 5.91 Å². The van der Waals surface area contributed by atoms with Crippen molar-refractivity contribution in [3.8, 4) is 0 Å². The van der Waals surface area contributed by atoms with Crippen LogP contribution in [-0.2, 0) is 4.79 Å². The largest absolute Gasteiger partial charge is 0.388 e. The Kier molecular flexibility index (Phi) is 4.59. The van der Waals surface area contributed by atoms with Gasteiger partial charge in [0.15, 0.2) is 0 Å². The first-order chi connectivity index (χ1) is 8.59. The summed E-state index contributed by atoms with van der Waals surface area (Å²) in [5.74, 6) is 0.122. The number of carbonyl (C=O) groups is 1. The quantitative estimate of drug-likeness (QED) is 0.721. The molecule has 0 unspecified atom stereocenters. The maximum atomic E-state index is 12.1. The van der Waals surface area contributed by atoms with Crippen LogP contribution in [0.15, 0.2) is 0 Å². The van der Waals surface area contributed by atoms with Gasteiger partial charge in [0.25, 0.3) is 0 Å². The van der Waals surface area contributed by atoms with E-state index < -0.39 is 5.60 Å². The van der Waals surface area contributed by atoms with Gasteiger partial charge in [0.05, 0.1) is 12.1 Å². The molecule has 1 amide bonds. The van der Waals surface area contributed by atoms with Crippen LogP contribution in [0.2, 0.25) is 0 Å². The molecule has 2 rings (SSSR count). The fourth-order valence-corrected chi connectivity index (χ4v) is 2.90. The van der Waals surface area contributed by atoms with E-state index in [4.69, 9.17) is 0 Å². The van der Waals surface area contributed by atoms with E-state index in [0.717, 1.165) is 51.9 Å². The van der Waals surface area contributed by atoms with Crippen LogP contribution < -0.4 is 5.32 Å². The van der Waals surface area contributed by atoms with Crippen LogP contribution in [0.1, 0.15) is 25.7 Å². The summed E-state index contributed by atoms with van der Waals surface area (Å²) >= 11 is 0. The highest BCUT2D eigenvalue weighted by molar-refractivity contribution is 5.78. The lowest BCUT2D eigenvalue weighted by Crippen LogP contribution is -2.50. The molecule has 0 atom stereocenters. The lowest BCUT2D eigenvalue weighted by Gasteiger charge is -2.32. The van der Waals surface area contributed by atoms with Gasteiger partial charge in [-0.1, -0.05) is 12.8 Å². The third-order valence-corrected chi connectivity index (χ3v) is 4.06. The molecule has 1 aliphatic heterocycles. The summed E-state index contributed by atoms with van der Waals surface area (Å²) in [6, 6.07) is 0. The average Bonchev–Trinajstić information content (AvgIpc) is 2.77. The molecule has 1 aliphatic carbocycles. The zero-order valence-electron chi connectivity index (χ0n) is 11.3. The molecule has 2 N–H and O–H groups in total. The third kappa shape index (κ3) is 3.67. The van der Waals surface area contributed by atoms with E-state index in [-0.39, 0.29) is 5.91 Å². The average molecular weight is 255 g/mol. The number of aliphatic hydroxyl groups is 1. The Bertz CT molecular complexity index is 284. The first kappa shape index (κ1) is 13.8.